The fourth-order valence-electron chi connectivity index (χ4n) is 2.41. The van der Waals surface area contributed by atoms with Crippen LogP contribution in [0.25, 0.3) is 0 Å². The first-order valence-electron chi connectivity index (χ1n) is 6.68. The molecule has 1 heterocycles. The van der Waals surface area contributed by atoms with E-state index in [4.69, 9.17) is 10.5 Å². The molecular weight excluding hydrogens is 284 g/mol. The van der Waals surface area contributed by atoms with Gasteiger partial charge in [-0.25, -0.2) is 0 Å². The van der Waals surface area contributed by atoms with Crippen LogP contribution in [0.2, 0.25) is 0 Å². The Morgan fingerprint density at radius 1 is 1.29 bits per heavy atom. The molecule has 0 saturated heterocycles. The predicted octanol–water partition coefficient (Wildman–Crippen LogP) is 3.03. The standard InChI is InChI=1S/C16H16N2O2S/c1-20-14-10-11(17)6-7-12(14)16(19)18-8-9-21-15-5-3-2-4-13(15)18/h2-7,10H,8-9,17H2,1H3. The van der Waals surface area contributed by atoms with Gasteiger partial charge in [0.2, 0.25) is 0 Å². The molecular formula is C16H16N2O2S. The number of ether oxygens (including phenoxy) is 1. The number of benzene rings is 2. The lowest BCUT2D eigenvalue weighted by atomic mass is 10.1. The number of rotatable bonds is 2. The van der Waals surface area contributed by atoms with Gasteiger partial charge in [-0.3, -0.25) is 4.79 Å². The second-order valence-corrected chi connectivity index (χ2v) is 5.87. The highest BCUT2D eigenvalue weighted by molar-refractivity contribution is 7.99. The van der Waals surface area contributed by atoms with Crippen LogP contribution >= 0.6 is 11.8 Å². The van der Waals surface area contributed by atoms with Crippen molar-refractivity contribution < 1.29 is 9.53 Å². The van der Waals surface area contributed by atoms with Crippen LogP contribution in [-0.4, -0.2) is 25.3 Å². The van der Waals surface area contributed by atoms with Gasteiger partial charge < -0.3 is 15.4 Å². The van der Waals surface area contributed by atoms with Crippen molar-refractivity contribution >= 4 is 29.0 Å². The number of thioether (sulfide) groups is 1. The maximum atomic E-state index is 12.8. The van der Waals surface area contributed by atoms with Gasteiger partial charge in [0.1, 0.15) is 5.75 Å². The van der Waals surface area contributed by atoms with Gasteiger partial charge in [0.15, 0.2) is 0 Å². The van der Waals surface area contributed by atoms with E-state index in [1.54, 1.807) is 42.0 Å². The molecule has 1 aliphatic heterocycles. The lowest BCUT2D eigenvalue weighted by Crippen LogP contribution is -2.35. The third-order valence-electron chi connectivity index (χ3n) is 3.43. The van der Waals surface area contributed by atoms with Crippen LogP contribution in [0.3, 0.4) is 0 Å². The molecule has 0 bridgehead atoms. The zero-order chi connectivity index (χ0) is 14.8. The van der Waals surface area contributed by atoms with E-state index in [1.807, 2.05) is 24.3 Å². The minimum absolute atomic E-state index is 0.0559. The van der Waals surface area contributed by atoms with E-state index in [1.165, 1.54) is 0 Å². The number of methoxy groups -OCH3 is 1. The summed E-state index contributed by atoms with van der Waals surface area (Å²) in [5.74, 6) is 1.34. The third kappa shape index (κ3) is 2.56. The highest BCUT2D eigenvalue weighted by Gasteiger charge is 2.25. The van der Waals surface area contributed by atoms with Crippen LogP contribution in [0.5, 0.6) is 5.75 Å². The fraction of sp³-hybridized carbons (Fsp3) is 0.188. The Kier molecular flexibility index (Phi) is 3.75. The fourth-order valence-corrected chi connectivity index (χ4v) is 3.41. The number of hydrogen-bond donors (Lipinski definition) is 1. The average molecular weight is 300 g/mol. The summed E-state index contributed by atoms with van der Waals surface area (Å²) in [5, 5.41) is 0. The number of nitrogens with zero attached hydrogens (tertiary/aromatic N) is 1. The Hall–Kier alpha value is -2.14. The van der Waals surface area contributed by atoms with Gasteiger partial charge in [-0.05, 0) is 24.3 Å². The van der Waals surface area contributed by atoms with Crippen molar-refractivity contribution in [2.24, 2.45) is 0 Å². The van der Waals surface area contributed by atoms with Gasteiger partial charge in [0.25, 0.3) is 5.91 Å². The molecule has 2 aromatic carbocycles. The van der Waals surface area contributed by atoms with Crippen molar-refractivity contribution in [2.45, 2.75) is 4.90 Å². The largest absolute Gasteiger partial charge is 0.496 e. The van der Waals surface area contributed by atoms with Crippen LogP contribution in [0.15, 0.2) is 47.4 Å². The summed E-state index contributed by atoms with van der Waals surface area (Å²) in [6.45, 7) is 0.689. The first-order chi connectivity index (χ1) is 10.2. The number of anilines is 2. The minimum Gasteiger partial charge on any atom is -0.496 e. The van der Waals surface area contributed by atoms with Crippen molar-refractivity contribution in [2.75, 3.05) is 30.0 Å². The second-order valence-electron chi connectivity index (χ2n) is 4.73. The van der Waals surface area contributed by atoms with Gasteiger partial charge in [-0.15, -0.1) is 11.8 Å². The molecule has 0 atom stereocenters. The number of carbonyl (C=O) groups excluding carboxylic acids is 1. The zero-order valence-electron chi connectivity index (χ0n) is 11.7. The lowest BCUT2D eigenvalue weighted by molar-refractivity contribution is 0.0985. The molecule has 0 radical (unpaired) electrons. The minimum atomic E-state index is -0.0559. The summed E-state index contributed by atoms with van der Waals surface area (Å²) in [6.07, 6.45) is 0. The van der Waals surface area contributed by atoms with E-state index in [0.29, 0.717) is 23.5 Å². The molecule has 3 rings (SSSR count). The smallest absolute Gasteiger partial charge is 0.262 e. The molecule has 0 unspecified atom stereocenters. The van der Waals surface area contributed by atoms with Crippen molar-refractivity contribution in [3.05, 3.63) is 48.0 Å². The van der Waals surface area contributed by atoms with Crippen molar-refractivity contribution in [1.29, 1.82) is 0 Å². The third-order valence-corrected chi connectivity index (χ3v) is 4.47. The molecule has 5 heteroatoms. The molecule has 0 aromatic heterocycles. The topological polar surface area (TPSA) is 55.6 Å². The molecule has 2 N–H and O–H groups in total. The molecule has 0 spiro atoms. The number of nitrogen functional groups attached to an aromatic ring is 1. The van der Waals surface area contributed by atoms with E-state index in [9.17, 15) is 4.79 Å². The summed E-state index contributed by atoms with van der Waals surface area (Å²) in [5.41, 5.74) is 7.82. The highest BCUT2D eigenvalue weighted by atomic mass is 32.2. The Labute approximate surface area is 127 Å². The van der Waals surface area contributed by atoms with Crippen LogP contribution in [0.4, 0.5) is 11.4 Å². The van der Waals surface area contributed by atoms with E-state index < -0.39 is 0 Å². The van der Waals surface area contributed by atoms with Gasteiger partial charge in [0.05, 0.1) is 18.4 Å². The zero-order valence-corrected chi connectivity index (χ0v) is 12.5. The van der Waals surface area contributed by atoms with Crippen LogP contribution in [-0.2, 0) is 0 Å². The first kappa shape index (κ1) is 13.8. The molecule has 21 heavy (non-hydrogen) atoms. The van der Waals surface area contributed by atoms with Gasteiger partial charge >= 0.3 is 0 Å². The van der Waals surface area contributed by atoms with Crippen LogP contribution in [0.1, 0.15) is 10.4 Å². The molecule has 0 aliphatic carbocycles. The summed E-state index contributed by atoms with van der Waals surface area (Å²) in [4.78, 5) is 15.8. The van der Waals surface area contributed by atoms with Gasteiger partial charge in [-0.1, -0.05) is 12.1 Å². The summed E-state index contributed by atoms with van der Waals surface area (Å²) in [6, 6.07) is 13.1. The Balaban J connectivity index is 2.00. The van der Waals surface area contributed by atoms with Gasteiger partial charge in [-0.2, -0.15) is 0 Å². The molecule has 0 fully saturated rings. The summed E-state index contributed by atoms with van der Waals surface area (Å²) < 4.78 is 5.29. The Morgan fingerprint density at radius 2 is 2.10 bits per heavy atom. The first-order valence-corrected chi connectivity index (χ1v) is 7.66. The van der Waals surface area contributed by atoms with E-state index in [-0.39, 0.29) is 5.91 Å². The predicted molar refractivity (Wildman–Crippen MR) is 86.2 cm³/mol. The lowest BCUT2D eigenvalue weighted by Gasteiger charge is -2.29. The van der Waals surface area contributed by atoms with Crippen LogP contribution < -0.4 is 15.4 Å². The normalized spacial score (nSPS) is 13.7. The molecule has 4 nitrogen and oxygen atoms in total. The van der Waals surface area contributed by atoms with Crippen LogP contribution in [0, 0.1) is 0 Å². The molecule has 1 amide bonds. The molecule has 108 valence electrons. The maximum Gasteiger partial charge on any atom is 0.262 e. The number of para-hydroxylation sites is 1. The second kappa shape index (κ2) is 5.69. The quantitative estimate of drug-likeness (QED) is 0.866. The summed E-state index contributed by atoms with van der Waals surface area (Å²) in [7, 11) is 1.55. The van der Waals surface area contributed by atoms with E-state index in [2.05, 4.69) is 0 Å². The number of carbonyl (C=O) groups is 1. The Morgan fingerprint density at radius 3 is 2.90 bits per heavy atom. The highest BCUT2D eigenvalue weighted by Crippen LogP contribution is 2.36. The van der Waals surface area contributed by atoms with E-state index >= 15 is 0 Å². The average Bonchev–Trinajstić information content (AvgIpc) is 2.53. The number of nitrogens with two attached hydrogens (primary N) is 1. The molecule has 2 aromatic rings. The molecule has 0 saturated carbocycles. The van der Waals surface area contributed by atoms with Crippen molar-refractivity contribution in [1.82, 2.24) is 0 Å². The number of hydrogen-bond acceptors (Lipinski definition) is 4. The Bertz CT molecular complexity index is 688. The molecule has 1 aliphatic rings. The summed E-state index contributed by atoms with van der Waals surface area (Å²) >= 11 is 1.77. The van der Waals surface area contributed by atoms with Crippen molar-refractivity contribution in [3.8, 4) is 5.75 Å². The SMILES string of the molecule is COc1cc(N)ccc1C(=O)N1CCSc2ccccc21. The maximum absolute atomic E-state index is 12.8. The van der Waals surface area contributed by atoms with E-state index in [0.717, 1.165) is 16.3 Å². The number of amides is 1. The number of fused-ring (bicyclic) bond motifs is 1. The monoisotopic (exact) mass is 300 g/mol. The van der Waals surface area contributed by atoms with Crippen molar-refractivity contribution in [3.63, 3.8) is 0 Å². The van der Waals surface area contributed by atoms with Gasteiger partial charge in [0, 0.05) is 28.9 Å².